The minimum Gasteiger partial charge on any atom is -0.488 e. The summed E-state index contributed by atoms with van der Waals surface area (Å²) in [6.07, 6.45) is 0. The maximum Gasteiger partial charge on any atom is 0.342 e. The Hall–Kier alpha value is -4.37. The van der Waals surface area contributed by atoms with Gasteiger partial charge in [0.15, 0.2) is 0 Å². The van der Waals surface area contributed by atoms with Crippen molar-refractivity contribution >= 4 is 40.8 Å². The number of hydrogen-bond donors (Lipinski definition) is 0. The van der Waals surface area contributed by atoms with Crippen LogP contribution in [0.5, 0.6) is 5.75 Å². The van der Waals surface area contributed by atoms with Crippen molar-refractivity contribution in [2.75, 3.05) is 18.5 Å². The number of amides is 1. The molecule has 46 heavy (non-hydrogen) atoms. The summed E-state index contributed by atoms with van der Waals surface area (Å²) in [5, 5.41) is 2.00. The number of likely N-dealkylation sites (N-methyl/N-ethyl adjacent to an activating group) is 1. The molecule has 0 aliphatic rings. The molecule has 5 aromatic rings. The van der Waals surface area contributed by atoms with Crippen LogP contribution in [0, 0.1) is 20.8 Å². The minimum atomic E-state index is -0.491. The first-order chi connectivity index (χ1) is 22.3. The second-order valence-corrected chi connectivity index (χ2v) is 13.4. The highest BCUT2D eigenvalue weighted by Crippen LogP contribution is 2.32. The largest absolute Gasteiger partial charge is 0.488 e. The molecule has 0 radical (unpaired) electrons. The van der Waals surface area contributed by atoms with Gasteiger partial charge in [0, 0.05) is 21.5 Å². The summed E-state index contributed by atoms with van der Waals surface area (Å²) in [5.74, 6) is -0.203. The SMILES string of the molecule is Cc1cc(C)c(SN(C)CC(=O)N(Cc2cccs2)c2ccc(C(=O)OCc3ccccc3)c(OCc3ccccc3)c2)c(C)c1. The molecule has 0 fully saturated rings. The van der Waals surface area contributed by atoms with E-state index in [0.717, 1.165) is 20.9 Å². The molecule has 1 heterocycles. The summed E-state index contributed by atoms with van der Waals surface area (Å²) < 4.78 is 13.9. The number of rotatable bonds is 13. The first-order valence-corrected chi connectivity index (χ1v) is 16.7. The molecule has 1 aromatic heterocycles. The van der Waals surface area contributed by atoms with Gasteiger partial charge in [0.25, 0.3) is 0 Å². The first kappa shape index (κ1) is 33.0. The molecule has 0 aliphatic heterocycles. The van der Waals surface area contributed by atoms with Gasteiger partial charge in [0.05, 0.1) is 13.1 Å². The predicted molar refractivity (Wildman–Crippen MR) is 187 cm³/mol. The minimum absolute atomic E-state index is 0.0702. The molecule has 5 rings (SSSR count). The fourth-order valence-corrected chi connectivity index (χ4v) is 6.74. The number of aryl methyl sites for hydroxylation is 3. The molecular formula is C38H38N2O4S2. The number of benzene rings is 4. The fraction of sp³-hybridized carbons (Fsp3) is 0.211. The van der Waals surface area contributed by atoms with Crippen molar-refractivity contribution in [2.45, 2.75) is 45.4 Å². The Kier molecular flexibility index (Phi) is 11.3. The number of esters is 1. The van der Waals surface area contributed by atoms with E-state index in [9.17, 15) is 9.59 Å². The standard InChI is InChI=1S/C38H38N2O4S2/c1-27-20-28(2)37(29(3)21-27)46-39(4)24-36(41)40(23-33-16-11-19-45-33)32-17-18-34(38(42)44-26-31-14-9-6-10-15-31)35(22-32)43-25-30-12-7-5-8-13-30/h5-22H,23-26H2,1-4H3. The molecule has 0 saturated carbocycles. The van der Waals surface area contributed by atoms with Crippen LogP contribution in [0.3, 0.4) is 0 Å². The highest BCUT2D eigenvalue weighted by Gasteiger charge is 2.23. The number of carbonyl (C=O) groups is 2. The average Bonchev–Trinajstić information content (AvgIpc) is 3.57. The van der Waals surface area contributed by atoms with Crippen molar-refractivity contribution in [3.8, 4) is 5.75 Å². The zero-order valence-corrected chi connectivity index (χ0v) is 28.2. The van der Waals surface area contributed by atoms with Gasteiger partial charge >= 0.3 is 5.97 Å². The number of anilines is 1. The lowest BCUT2D eigenvalue weighted by molar-refractivity contribution is -0.118. The molecule has 0 bridgehead atoms. The molecular weight excluding hydrogens is 613 g/mol. The third-order valence-corrected chi connectivity index (χ3v) is 9.48. The maximum absolute atomic E-state index is 14.0. The van der Waals surface area contributed by atoms with E-state index in [0.29, 0.717) is 23.5 Å². The summed E-state index contributed by atoms with van der Waals surface area (Å²) in [7, 11) is 1.94. The molecule has 0 spiro atoms. The van der Waals surface area contributed by atoms with E-state index in [1.54, 1.807) is 46.4 Å². The molecule has 236 valence electrons. The number of hydrogen-bond acceptors (Lipinski definition) is 7. The highest BCUT2D eigenvalue weighted by atomic mass is 32.2. The van der Waals surface area contributed by atoms with Crippen LogP contribution in [0.25, 0.3) is 0 Å². The van der Waals surface area contributed by atoms with Crippen LogP contribution in [-0.4, -0.2) is 29.8 Å². The quantitative estimate of drug-likeness (QED) is 0.0938. The summed E-state index contributed by atoms with van der Waals surface area (Å²) in [6, 6.07) is 32.9. The Morgan fingerprint density at radius 2 is 1.43 bits per heavy atom. The normalized spacial score (nSPS) is 11.0. The second-order valence-electron chi connectivity index (χ2n) is 11.2. The summed E-state index contributed by atoms with van der Waals surface area (Å²) >= 11 is 3.17. The van der Waals surface area contributed by atoms with Crippen molar-refractivity contribution in [2.24, 2.45) is 0 Å². The van der Waals surface area contributed by atoms with Gasteiger partial charge in [-0.15, -0.1) is 11.3 Å². The fourth-order valence-electron chi connectivity index (χ4n) is 5.16. The van der Waals surface area contributed by atoms with Gasteiger partial charge in [-0.05, 0) is 85.6 Å². The summed E-state index contributed by atoms with van der Waals surface area (Å²) in [4.78, 5) is 31.3. The molecule has 8 heteroatoms. The van der Waals surface area contributed by atoms with Crippen LogP contribution in [0.1, 0.15) is 43.1 Å². The van der Waals surface area contributed by atoms with E-state index in [2.05, 4.69) is 32.9 Å². The number of thiophene rings is 1. The average molecular weight is 651 g/mol. The lowest BCUT2D eigenvalue weighted by Gasteiger charge is -2.26. The second kappa shape index (κ2) is 15.8. The lowest BCUT2D eigenvalue weighted by Crippen LogP contribution is -2.36. The van der Waals surface area contributed by atoms with Crippen LogP contribution in [0.2, 0.25) is 0 Å². The van der Waals surface area contributed by atoms with E-state index < -0.39 is 5.97 Å². The van der Waals surface area contributed by atoms with E-state index in [4.69, 9.17) is 9.47 Å². The van der Waals surface area contributed by atoms with Gasteiger partial charge in [0.2, 0.25) is 5.91 Å². The van der Waals surface area contributed by atoms with Crippen LogP contribution < -0.4 is 9.64 Å². The van der Waals surface area contributed by atoms with E-state index in [-0.39, 0.29) is 25.7 Å². The van der Waals surface area contributed by atoms with Gasteiger partial charge < -0.3 is 14.4 Å². The zero-order chi connectivity index (χ0) is 32.5. The zero-order valence-electron chi connectivity index (χ0n) is 26.6. The number of nitrogens with zero attached hydrogens (tertiary/aromatic N) is 2. The van der Waals surface area contributed by atoms with Crippen LogP contribution >= 0.6 is 23.3 Å². The summed E-state index contributed by atoms with van der Waals surface area (Å²) in [5.41, 5.74) is 6.39. The predicted octanol–water partition coefficient (Wildman–Crippen LogP) is 8.78. The van der Waals surface area contributed by atoms with Crippen molar-refractivity contribution in [3.05, 3.63) is 147 Å². The number of carbonyl (C=O) groups excluding carboxylic acids is 2. The van der Waals surface area contributed by atoms with Crippen molar-refractivity contribution < 1.29 is 19.1 Å². The van der Waals surface area contributed by atoms with Crippen LogP contribution in [0.15, 0.2) is 113 Å². The van der Waals surface area contributed by atoms with Gasteiger partial charge in [-0.2, -0.15) is 0 Å². The Balaban J connectivity index is 1.41. The Morgan fingerprint density at radius 1 is 0.783 bits per heavy atom. The first-order valence-electron chi connectivity index (χ1n) is 15.1. The topological polar surface area (TPSA) is 59.1 Å². The number of ether oxygens (including phenoxy) is 2. The van der Waals surface area contributed by atoms with E-state index in [1.807, 2.05) is 89.5 Å². The van der Waals surface area contributed by atoms with Crippen molar-refractivity contribution in [1.82, 2.24) is 4.31 Å². The highest BCUT2D eigenvalue weighted by molar-refractivity contribution is 7.97. The maximum atomic E-state index is 14.0. The smallest absolute Gasteiger partial charge is 0.342 e. The van der Waals surface area contributed by atoms with E-state index >= 15 is 0 Å². The van der Waals surface area contributed by atoms with Gasteiger partial charge in [-0.1, -0.05) is 84.4 Å². The molecule has 1 amide bonds. The summed E-state index contributed by atoms with van der Waals surface area (Å²) in [6.45, 7) is 7.28. The molecule has 6 nitrogen and oxygen atoms in total. The lowest BCUT2D eigenvalue weighted by atomic mass is 10.1. The molecule has 0 N–H and O–H groups in total. The van der Waals surface area contributed by atoms with Gasteiger partial charge in [-0.25, -0.2) is 9.10 Å². The monoisotopic (exact) mass is 650 g/mol. The van der Waals surface area contributed by atoms with Crippen LogP contribution in [-0.2, 0) is 29.3 Å². The Labute approximate surface area is 279 Å². The van der Waals surface area contributed by atoms with E-state index in [1.165, 1.54) is 16.7 Å². The molecule has 0 saturated heterocycles. The third kappa shape index (κ3) is 8.88. The van der Waals surface area contributed by atoms with Crippen LogP contribution in [0.4, 0.5) is 5.69 Å². The van der Waals surface area contributed by atoms with Crippen molar-refractivity contribution in [3.63, 3.8) is 0 Å². The van der Waals surface area contributed by atoms with Crippen molar-refractivity contribution in [1.29, 1.82) is 0 Å². The van der Waals surface area contributed by atoms with Gasteiger partial charge in [-0.3, -0.25) is 4.79 Å². The third-order valence-electron chi connectivity index (χ3n) is 7.35. The Bertz CT molecular complexity index is 1740. The molecule has 4 aromatic carbocycles. The molecule has 0 aliphatic carbocycles. The molecule has 0 atom stereocenters. The Morgan fingerprint density at radius 3 is 2.07 bits per heavy atom. The van der Waals surface area contributed by atoms with Gasteiger partial charge in [0.1, 0.15) is 24.5 Å². The molecule has 0 unspecified atom stereocenters.